The summed E-state index contributed by atoms with van der Waals surface area (Å²) < 4.78 is 0. The van der Waals surface area contributed by atoms with Crippen molar-refractivity contribution < 1.29 is 9.90 Å². The number of aromatic nitrogens is 1. The number of hydrogen-bond donors (Lipinski definition) is 2. The lowest BCUT2D eigenvalue weighted by atomic mass is 10.1. The fraction of sp³-hybridized carbons (Fsp3) is 0.333. The van der Waals surface area contributed by atoms with Gasteiger partial charge in [0.1, 0.15) is 4.88 Å². The second-order valence-corrected chi connectivity index (χ2v) is 5.79. The van der Waals surface area contributed by atoms with Gasteiger partial charge in [-0.2, -0.15) is 0 Å². The summed E-state index contributed by atoms with van der Waals surface area (Å²) in [5, 5.41) is 13.1. The monoisotopic (exact) mass is 290 g/mol. The van der Waals surface area contributed by atoms with Gasteiger partial charge in [-0.15, -0.1) is 0 Å². The van der Waals surface area contributed by atoms with Crippen molar-refractivity contribution in [3.8, 4) is 0 Å². The number of nitrogens with zero attached hydrogens (tertiary/aromatic N) is 1. The molecule has 0 unspecified atom stereocenters. The Labute approximate surface area is 122 Å². The molecule has 0 saturated heterocycles. The maximum absolute atomic E-state index is 11.2. The van der Waals surface area contributed by atoms with Crippen molar-refractivity contribution >= 4 is 28.1 Å². The predicted molar refractivity (Wildman–Crippen MR) is 82.3 cm³/mol. The van der Waals surface area contributed by atoms with E-state index >= 15 is 0 Å². The van der Waals surface area contributed by atoms with Crippen LogP contribution in [-0.2, 0) is 6.42 Å². The lowest BCUT2D eigenvalue weighted by Gasteiger charge is -2.07. The number of thiazole rings is 1. The van der Waals surface area contributed by atoms with Crippen molar-refractivity contribution in [3.05, 3.63) is 39.9 Å². The van der Waals surface area contributed by atoms with Crippen LogP contribution in [0, 0.1) is 13.8 Å². The lowest BCUT2D eigenvalue weighted by Crippen LogP contribution is -1.98. The maximum Gasteiger partial charge on any atom is 0.347 e. The molecule has 0 bridgehead atoms. The van der Waals surface area contributed by atoms with Crippen LogP contribution in [0.5, 0.6) is 0 Å². The molecule has 2 aromatic rings. The molecule has 4 nitrogen and oxygen atoms in total. The molecule has 0 amide bonds. The molecular formula is C15H18N2O2S. The van der Waals surface area contributed by atoms with Crippen LogP contribution in [0.25, 0.3) is 0 Å². The average molecular weight is 290 g/mol. The Morgan fingerprint density at radius 1 is 1.40 bits per heavy atom. The van der Waals surface area contributed by atoms with Crippen LogP contribution in [0.15, 0.2) is 18.2 Å². The van der Waals surface area contributed by atoms with E-state index in [0.717, 1.165) is 23.2 Å². The molecule has 0 aliphatic rings. The number of aryl methyl sites for hydroxylation is 3. The number of hydrogen-bond acceptors (Lipinski definition) is 4. The topological polar surface area (TPSA) is 62.2 Å². The molecule has 2 N–H and O–H groups in total. The van der Waals surface area contributed by atoms with Gasteiger partial charge in [0.05, 0.1) is 5.69 Å². The number of carboxylic acids is 1. The molecule has 1 aromatic carbocycles. The molecule has 0 aliphatic carbocycles. The first-order valence-corrected chi connectivity index (χ1v) is 7.40. The molecule has 0 spiro atoms. The number of rotatable bonds is 5. The highest BCUT2D eigenvalue weighted by molar-refractivity contribution is 7.17. The highest BCUT2D eigenvalue weighted by atomic mass is 32.1. The molecule has 0 atom stereocenters. The van der Waals surface area contributed by atoms with E-state index in [0.29, 0.717) is 22.1 Å². The van der Waals surface area contributed by atoms with Crippen molar-refractivity contribution in [1.82, 2.24) is 4.98 Å². The van der Waals surface area contributed by atoms with E-state index in [4.69, 9.17) is 0 Å². The van der Waals surface area contributed by atoms with Gasteiger partial charge >= 0.3 is 5.97 Å². The van der Waals surface area contributed by atoms with Gasteiger partial charge in [0, 0.05) is 5.69 Å². The van der Waals surface area contributed by atoms with Crippen molar-refractivity contribution in [3.63, 3.8) is 0 Å². The lowest BCUT2D eigenvalue weighted by molar-refractivity contribution is 0.0700. The van der Waals surface area contributed by atoms with Gasteiger partial charge in [0.2, 0.25) is 0 Å². The van der Waals surface area contributed by atoms with E-state index in [2.05, 4.69) is 10.3 Å². The Bertz CT molecular complexity index is 635. The molecule has 0 aliphatic heterocycles. The van der Waals surface area contributed by atoms with Gasteiger partial charge in [-0.05, 0) is 37.5 Å². The molecule has 1 aromatic heterocycles. The zero-order chi connectivity index (χ0) is 14.7. The number of anilines is 2. The normalized spacial score (nSPS) is 10.6. The van der Waals surface area contributed by atoms with Crippen molar-refractivity contribution in [2.24, 2.45) is 0 Å². The van der Waals surface area contributed by atoms with Gasteiger partial charge < -0.3 is 10.4 Å². The van der Waals surface area contributed by atoms with E-state index in [1.807, 2.05) is 39.0 Å². The van der Waals surface area contributed by atoms with Gasteiger partial charge in [-0.3, -0.25) is 0 Å². The van der Waals surface area contributed by atoms with Crippen molar-refractivity contribution in [2.75, 3.05) is 5.32 Å². The van der Waals surface area contributed by atoms with E-state index in [-0.39, 0.29) is 0 Å². The number of nitrogens with one attached hydrogen (secondary N) is 1. The Morgan fingerprint density at radius 3 is 2.80 bits per heavy atom. The quantitative estimate of drug-likeness (QED) is 0.868. The Morgan fingerprint density at radius 2 is 2.15 bits per heavy atom. The third kappa shape index (κ3) is 3.17. The van der Waals surface area contributed by atoms with Gasteiger partial charge in [0.15, 0.2) is 5.13 Å². The number of carboxylic acid groups (broad SMARTS) is 1. The fourth-order valence-corrected chi connectivity index (χ4v) is 2.83. The summed E-state index contributed by atoms with van der Waals surface area (Å²) in [7, 11) is 0. The minimum atomic E-state index is -0.903. The minimum absolute atomic E-state index is 0.333. The second-order valence-electron chi connectivity index (χ2n) is 4.79. The van der Waals surface area contributed by atoms with Crippen LogP contribution in [0.4, 0.5) is 10.8 Å². The number of aromatic carboxylic acids is 1. The zero-order valence-electron chi connectivity index (χ0n) is 11.9. The summed E-state index contributed by atoms with van der Waals surface area (Å²) in [6.45, 7) is 6.06. The van der Waals surface area contributed by atoms with E-state index in [9.17, 15) is 9.90 Å². The van der Waals surface area contributed by atoms with Gasteiger partial charge in [-0.1, -0.05) is 36.8 Å². The smallest absolute Gasteiger partial charge is 0.347 e. The van der Waals surface area contributed by atoms with Crippen LogP contribution in [0.3, 0.4) is 0 Å². The SMILES string of the molecule is CCCc1nc(Nc2cc(C)ccc2C)sc1C(=O)O. The first-order chi connectivity index (χ1) is 9.51. The maximum atomic E-state index is 11.2. The summed E-state index contributed by atoms with van der Waals surface area (Å²) in [5.74, 6) is -0.903. The largest absolute Gasteiger partial charge is 0.477 e. The van der Waals surface area contributed by atoms with E-state index < -0.39 is 5.97 Å². The molecule has 0 radical (unpaired) electrons. The Balaban J connectivity index is 2.31. The summed E-state index contributed by atoms with van der Waals surface area (Å²) in [5.41, 5.74) is 3.90. The van der Waals surface area contributed by atoms with E-state index in [1.165, 1.54) is 11.3 Å². The predicted octanol–water partition coefficient (Wildman–Crippen LogP) is 4.15. The third-order valence-electron chi connectivity index (χ3n) is 3.01. The highest BCUT2D eigenvalue weighted by Gasteiger charge is 2.17. The second kappa shape index (κ2) is 6.05. The molecule has 106 valence electrons. The molecule has 0 fully saturated rings. The molecule has 5 heteroatoms. The third-order valence-corrected chi connectivity index (χ3v) is 4.01. The standard InChI is InChI=1S/C15H18N2O2S/c1-4-5-11-13(14(18)19)20-15(16-11)17-12-8-9(2)6-7-10(12)3/h6-8H,4-5H2,1-3H3,(H,16,17)(H,18,19). The summed E-state index contributed by atoms with van der Waals surface area (Å²) in [6.07, 6.45) is 1.57. The first kappa shape index (κ1) is 14.5. The first-order valence-electron chi connectivity index (χ1n) is 6.58. The highest BCUT2D eigenvalue weighted by Crippen LogP contribution is 2.28. The number of benzene rings is 1. The summed E-state index contributed by atoms with van der Waals surface area (Å²) >= 11 is 1.20. The van der Waals surface area contributed by atoms with Gasteiger partial charge in [0.25, 0.3) is 0 Å². The van der Waals surface area contributed by atoms with Crippen LogP contribution in [0.1, 0.15) is 39.8 Å². The van der Waals surface area contributed by atoms with Crippen LogP contribution in [-0.4, -0.2) is 16.1 Å². The minimum Gasteiger partial charge on any atom is -0.477 e. The average Bonchev–Trinajstić information content (AvgIpc) is 2.77. The van der Waals surface area contributed by atoms with E-state index in [1.54, 1.807) is 0 Å². The van der Waals surface area contributed by atoms with Crippen LogP contribution >= 0.6 is 11.3 Å². The van der Waals surface area contributed by atoms with Crippen LogP contribution in [0.2, 0.25) is 0 Å². The molecule has 20 heavy (non-hydrogen) atoms. The Hall–Kier alpha value is -1.88. The molecule has 0 saturated carbocycles. The van der Waals surface area contributed by atoms with Crippen molar-refractivity contribution in [1.29, 1.82) is 0 Å². The molecular weight excluding hydrogens is 272 g/mol. The van der Waals surface area contributed by atoms with Gasteiger partial charge in [-0.25, -0.2) is 9.78 Å². The van der Waals surface area contributed by atoms with Crippen LogP contribution < -0.4 is 5.32 Å². The fourth-order valence-electron chi connectivity index (χ4n) is 1.96. The number of carbonyl (C=O) groups is 1. The Kier molecular flexibility index (Phi) is 4.39. The molecule has 2 rings (SSSR count). The summed E-state index contributed by atoms with van der Waals surface area (Å²) in [6, 6.07) is 6.13. The zero-order valence-corrected chi connectivity index (χ0v) is 12.7. The van der Waals surface area contributed by atoms with Crippen molar-refractivity contribution in [2.45, 2.75) is 33.6 Å². The summed E-state index contributed by atoms with van der Waals surface area (Å²) in [4.78, 5) is 16.0. The molecule has 1 heterocycles.